The van der Waals surface area contributed by atoms with Gasteiger partial charge in [-0.05, 0) is 49.9 Å². The average Bonchev–Trinajstić information content (AvgIpc) is 3.04. The van der Waals surface area contributed by atoms with Gasteiger partial charge >= 0.3 is 0 Å². The van der Waals surface area contributed by atoms with Crippen molar-refractivity contribution in [3.63, 3.8) is 0 Å². The third-order valence-corrected chi connectivity index (χ3v) is 4.45. The minimum Gasteiger partial charge on any atom is -0.464 e. The highest BCUT2D eigenvalue weighted by molar-refractivity contribution is 5.78. The van der Waals surface area contributed by atoms with E-state index in [1.54, 1.807) is 6.26 Å². The van der Waals surface area contributed by atoms with Gasteiger partial charge in [0.2, 0.25) is 0 Å². The summed E-state index contributed by atoms with van der Waals surface area (Å²) >= 11 is 0. The molecule has 1 aliphatic rings. The van der Waals surface area contributed by atoms with Gasteiger partial charge < -0.3 is 15.1 Å². The van der Waals surface area contributed by atoms with E-state index in [4.69, 9.17) is 10.2 Å². The highest BCUT2D eigenvalue weighted by atomic mass is 16.3. The van der Waals surface area contributed by atoms with E-state index in [0.717, 1.165) is 37.1 Å². The monoisotopic (exact) mass is 297 g/mol. The highest BCUT2D eigenvalue weighted by Crippen LogP contribution is 2.27. The quantitative estimate of drug-likeness (QED) is 0.942. The molecule has 4 heteroatoms. The third kappa shape index (κ3) is 3.16. The molecule has 116 valence electrons. The van der Waals surface area contributed by atoms with Crippen molar-refractivity contribution in [2.24, 2.45) is 10.7 Å². The van der Waals surface area contributed by atoms with Crippen LogP contribution in [0.5, 0.6) is 0 Å². The summed E-state index contributed by atoms with van der Waals surface area (Å²) < 4.78 is 5.47. The predicted octanol–water partition coefficient (Wildman–Crippen LogP) is 3.29. The fourth-order valence-corrected chi connectivity index (χ4v) is 2.86. The zero-order valence-electron chi connectivity index (χ0n) is 13.2. The van der Waals surface area contributed by atoms with E-state index < -0.39 is 0 Å². The van der Waals surface area contributed by atoms with Crippen molar-refractivity contribution < 1.29 is 4.42 Å². The maximum atomic E-state index is 5.97. The number of nitrogens with two attached hydrogens (primary N) is 1. The van der Waals surface area contributed by atoms with Crippen LogP contribution in [0.25, 0.3) is 11.3 Å². The molecule has 2 heterocycles. The molecule has 0 radical (unpaired) electrons. The summed E-state index contributed by atoms with van der Waals surface area (Å²) in [6.07, 6.45) is 4.75. The minimum absolute atomic E-state index is 0.0583. The summed E-state index contributed by atoms with van der Waals surface area (Å²) in [5.41, 5.74) is 8.35. The number of nitrogens with zero attached hydrogens (tertiary/aromatic N) is 2. The van der Waals surface area contributed by atoms with Crippen molar-refractivity contribution in [1.29, 1.82) is 0 Å². The Balaban J connectivity index is 1.71. The number of aliphatic imine (C=N–C) groups is 1. The lowest BCUT2D eigenvalue weighted by atomic mass is 9.89. The SMILES string of the molecule is CN1CCC(C)(CCc2cccc(-c3ccco3)c2)N=C1N. The van der Waals surface area contributed by atoms with Crippen LogP contribution in [-0.4, -0.2) is 30.0 Å². The van der Waals surface area contributed by atoms with Crippen LogP contribution >= 0.6 is 0 Å². The van der Waals surface area contributed by atoms with Gasteiger partial charge in [0.15, 0.2) is 5.96 Å². The van der Waals surface area contributed by atoms with Crippen molar-refractivity contribution in [2.45, 2.75) is 31.7 Å². The lowest BCUT2D eigenvalue weighted by Gasteiger charge is -2.34. The Morgan fingerprint density at radius 1 is 1.32 bits per heavy atom. The maximum absolute atomic E-state index is 5.97. The maximum Gasteiger partial charge on any atom is 0.191 e. The fourth-order valence-electron chi connectivity index (χ4n) is 2.86. The second-order valence-electron chi connectivity index (χ2n) is 6.32. The van der Waals surface area contributed by atoms with Crippen LogP contribution in [0.4, 0.5) is 0 Å². The largest absolute Gasteiger partial charge is 0.464 e. The molecule has 0 aliphatic carbocycles. The number of furan rings is 1. The van der Waals surface area contributed by atoms with E-state index in [9.17, 15) is 0 Å². The zero-order valence-corrected chi connectivity index (χ0v) is 13.2. The van der Waals surface area contributed by atoms with Crippen LogP contribution in [0.3, 0.4) is 0 Å². The number of hydrogen-bond donors (Lipinski definition) is 1. The number of aryl methyl sites for hydroxylation is 1. The van der Waals surface area contributed by atoms with Crippen LogP contribution in [0, 0.1) is 0 Å². The molecule has 1 aromatic heterocycles. The first-order valence-corrected chi connectivity index (χ1v) is 7.75. The van der Waals surface area contributed by atoms with Gasteiger partial charge in [-0.2, -0.15) is 0 Å². The Labute approximate surface area is 131 Å². The van der Waals surface area contributed by atoms with E-state index >= 15 is 0 Å². The van der Waals surface area contributed by atoms with E-state index in [-0.39, 0.29) is 5.54 Å². The second-order valence-corrected chi connectivity index (χ2v) is 6.32. The number of guanidine groups is 1. The van der Waals surface area contributed by atoms with Gasteiger partial charge in [0.05, 0.1) is 11.8 Å². The molecule has 3 rings (SSSR count). The van der Waals surface area contributed by atoms with E-state index in [1.807, 2.05) is 24.1 Å². The smallest absolute Gasteiger partial charge is 0.191 e. The summed E-state index contributed by atoms with van der Waals surface area (Å²) in [6.45, 7) is 3.17. The molecule has 1 atom stereocenters. The summed E-state index contributed by atoms with van der Waals surface area (Å²) in [6, 6.07) is 12.4. The first-order valence-electron chi connectivity index (χ1n) is 7.75. The molecule has 1 aromatic carbocycles. The second kappa shape index (κ2) is 5.87. The number of benzene rings is 1. The predicted molar refractivity (Wildman–Crippen MR) is 89.7 cm³/mol. The molecule has 0 spiro atoms. The number of rotatable bonds is 4. The molecule has 0 amide bonds. The molecular weight excluding hydrogens is 274 g/mol. The average molecular weight is 297 g/mol. The molecule has 22 heavy (non-hydrogen) atoms. The molecule has 0 saturated carbocycles. The Morgan fingerprint density at radius 2 is 2.18 bits per heavy atom. The van der Waals surface area contributed by atoms with Gasteiger partial charge in [0, 0.05) is 19.2 Å². The summed E-state index contributed by atoms with van der Waals surface area (Å²) in [4.78, 5) is 6.70. The van der Waals surface area contributed by atoms with E-state index in [1.165, 1.54) is 5.56 Å². The molecule has 2 N–H and O–H groups in total. The minimum atomic E-state index is -0.0583. The van der Waals surface area contributed by atoms with Crippen molar-refractivity contribution in [3.05, 3.63) is 48.2 Å². The van der Waals surface area contributed by atoms with Gasteiger partial charge in [-0.15, -0.1) is 0 Å². The molecule has 0 fully saturated rings. The molecule has 1 aliphatic heterocycles. The summed E-state index contributed by atoms with van der Waals surface area (Å²) in [5, 5.41) is 0. The van der Waals surface area contributed by atoms with Crippen molar-refractivity contribution >= 4 is 5.96 Å². The Hall–Kier alpha value is -2.23. The highest BCUT2D eigenvalue weighted by Gasteiger charge is 2.28. The molecule has 1 unspecified atom stereocenters. The van der Waals surface area contributed by atoms with Gasteiger partial charge in [-0.3, -0.25) is 0 Å². The molecule has 4 nitrogen and oxygen atoms in total. The van der Waals surface area contributed by atoms with Crippen LogP contribution in [0.1, 0.15) is 25.3 Å². The first kappa shape index (κ1) is 14.7. The van der Waals surface area contributed by atoms with Crippen molar-refractivity contribution in [3.8, 4) is 11.3 Å². The lowest BCUT2D eigenvalue weighted by molar-refractivity contribution is 0.317. The van der Waals surface area contributed by atoms with Gasteiger partial charge in [0.1, 0.15) is 5.76 Å². The van der Waals surface area contributed by atoms with Gasteiger partial charge in [-0.25, -0.2) is 4.99 Å². The standard InChI is InChI=1S/C18H23N3O/c1-18(10-11-21(2)17(19)20-18)9-8-14-5-3-6-15(13-14)16-7-4-12-22-16/h3-7,12-13H,8-11H2,1-2H3,(H2,19,20). The molecule has 0 bridgehead atoms. The normalized spacial score (nSPS) is 21.7. The Morgan fingerprint density at radius 3 is 2.91 bits per heavy atom. The third-order valence-electron chi connectivity index (χ3n) is 4.45. The van der Waals surface area contributed by atoms with Gasteiger partial charge in [-0.1, -0.05) is 18.2 Å². The zero-order chi connectivity index (χ0) is 15.6. The summed E-state index contributed by atoms with van der Waals surface area (Å²) in [5.74, 6) is 1.56. The van der Waals surface area contributed by atoms with E-state index in [2.05, 4.69) is 36.2 Å². The van der Waals surface area contributed by atoms with Gasteiger partial charge in [0.25, 0.3) is 0 Å². The molecular formula is C18H23N3O. The first-order chi connectivity index (χ1) is 10.6. The fraction of sp³-hybridized carbons (Fsp3) is 0.389. The van der Waals surface area contributed by atoms with Crippen LogP contribution < -0.4 is 5.73 Å². The molecule has 2 aromatic rings. The van der Waals surface area contributed by atoms with Crippen LogP contribution in [0.2, 0.25) is 0 Å². The van der Waals surface area contributed by atoms with E-state index in [0.29, 0.717) is 5.96 Å². The topological polar surface area (TPSA) is 54.8 Å². The lowest BCUT2D eigenvalue weighted by Crippen LogP contribution is -2.45. The van der Waals surface area contributed by atoms with Crippen LogP contribution in [0.15, 0.2) is 52.1 Å². The van der Waals surface area contributed by atoms with Crippen molar-refractivity contribution in [2.75, 3.05) is 13.6 Å². The Bertz CT molecular complexity index is 663. The van der Waals surface area contributed by atoms with Crippen LogP contribution in [-0.2, 0) is 6.42 Å². The Kier molecular flexibility index (Phi) is 3.92. The summed E-state index contributed by atoms with van der Waals surface area (Å²) in [7, 11) is 1.99. The van der Waals surface area contributed by atoms with Crippen molar-refractivity contribution in [1.82, 2.24) is 4.90 Å². The number of hydrogen-bond acceptors (Lipinski definition) is 4. The molecule has 0 saturated heterocycles.